The Bertz CT molecular complexity index is 735. The third kappa shape index (κ3) is 3.55. The van der Waals surface area contributed by atoms with Gasteiger partial charge in [0.05, 0.1) is 24.0 Å². The molecule has 1 aromatic carbocycles. The molecule has 0 aromatic heterocycles. The molecule has 1 spiro atoms. The van der Waals surface area contributed by atoms with Crippen molar-refractivity contribution in [3.8, 4) is 6.07 Å². The second-order valence-corrected chi connectivity index (χ2v) is 8.52. The number of aliphatic hydroxyl groups excluding tert-OH is 1. The number of aliphatic hydroxyl groups is 1. The summed E-state index contributed by atoms with van der Waals surface area (Å²) in [6.07, 6.45) is 6.70. The van der Waals surface area contributed by atoms with Crippen LogP contribution < -0.4 is 4.90 Å². The van der Waals surface area contributed by atoms with E-state index in [1.807, 2.05) is 12.1 Å². The molecule has 27 heavy (non-hydrogen) atoms. The molecule has 2 heterocycles. The molecule has 144 valence electrons. The second-order valence-electron chi connectivity index (χ2n) is 8.52. The van der Waals surface area contributed by atoms with E-state index >= 15 is 0 Å². The van der Waals surface area contributed by atoms with E-state index in [1.54, 1.807) is 0 Å². The van der Waals surface area contributed by atoms with Crippen LogP contribution in [0.2, 0.25) is 0 Å². The highest BCUT2D eigenvalue weighted by molar-refractivity contribution is 5.86. The molecule has 0 radical (unpaired) electrons. The molecule has 2 saturated heterocycles. The van der Waals surface area contributed by atoms with Crippen molar-refractivity contribution in [2.45, 2.75) is 63.5 Å². The standard InChI is InChI=1S/C22H29N3O2/c23-12-9-17-3-1-4-19(15-17)24-13-2-10-22(16-24)11-14-25(21(22)27)18-5-7-20(26)8-6-18/h1,3-4,15,18,20,26H,2,5-11,13-14,16H2/t18-,20-,22-/m1/s1. The van der Waals surface area contributed by atoms with Crippen molar-refractivity contribution in [1.82, 2.24) is 4.90 Å². The molecule has 1 aliphatic carbocycles. The first kappa shape index (κ1) is 18.3. The lowest BCUT2D eigenvalue weighted by Crippen LogP contribution is -2.50. The van der Waals surface area contributed by atoms with E-state index in [9.17, 15) is 9.90 Å². The summed E-state index contributed by atoms with van der Waals surface area (Å²) in [5.74, 6) is 0.335. The Morgan fingerprint density at radius 2 is 2.00 bits per heavy atom. The van der Waals surface area contributed by atoms with Gasteiger partial charge < -0.3 is 14.9 Å². The van der Waals surface area contributed by atoms with Gasteiger partial charge in [-0.05, 0) is 62.6 Å². The van der Waals surface area contributed by atoms with Crippen LogP contribution in [0.3, 0.4) is 0 Å². The van der Waals surface area contributed by atoms with Crippen molar-refractivity contribution in [3.05, 3.63) is 29.8 Å². The molecule has 5 nitrogen and oxygen atoms in total. The predicted molar refractivity (Wildman–Crippen MR) is 104 cm³/mol. The fraction of sp³-hybridized carbons (Fsp3) is 0.636. The number of anilines is 1. The van der Waals surface area contributed by atoms with Crippen molar-refractivity contribution in [2.24, 2.45) is 5.41 Å². The maximum Gasteiger partial charge on any atom is 0.230 e. The molecule has 1 amide bonds. The van der Waals surface area contributed by atoms with Gasteiger partial charge in [0.1, 0.15) is 0 Å². The highest BCUT2D eigenvalue weighted by Gasteiger charge is 2.50. The summed E-state index contributed by atoms with van der Waals surface area (Å²) in [7, 11) is 0. The lowest BCUT2D eigenvalue weighted by Gasteiger charge is -2.41. The minimum atomic E-state index is -0.250. The first-order valence-corrected chi connectivity index (χ1v) is 10.3. The molecule has 4 rings (SSSR count). The zero-order valence-electron chi connectivity index (χ0n) is 15.9. The zero-order chi connectivity index (χ0) is 18.9. The number of benzene rings is 1. The van der Waals surface area contributed by atoms with Crippen LogP contribution in [-0.2, 0) is 11.2 Å². The zero-order valence-corrected chi connectivity index (χ0v) is 15.9. The smallest absolute Gasteiger partial charge is 0.230 e. The lowest BCUT2D eigenvalue weighted by atomic mass is 9.78. The summed E-state index contributed by atoms with van der Waals surface area (Å²) in [5, 5.41) is 18.7. The molecular formula is C22H29N3O2. The maximum atomic E-state index is 13.4. The molecule has 0 unspecified atom stereocenters. The highest BCUT2D eigenvalue weighted by Crippen LogP contribution is 2.43. The Morgan fingerprint density at radius 3 is 2.78 bits per heavy atom. The van der Waals surface area contributed by atoms with Gasteiger partial charge in [0.25, 0.3) is 0 Å². The summed E-state index contributed by atoms with van der Waals surface area (Å²) in [5.41, 5.74) is 1.92. The van der Waals surface area contributed by atoms with E-state index in [0.717, 1.165) is 75.8 Å². The molecule has 1 atom stereocenters. The van der Waals surface area contributed by atoms with Gasteiger partial charge in [-0.1, -0.05) is 12.1 Å². The Morgan fingerprint density at radius 1 is 1.19 bits per heavy atom. The van der Waals surface area contributed by atoms with Gasteiger partial charge in [-0.25, -0.2) is 0 Å². The SMILES string of the molecule is N#CCc1cccc(N2CCC[C@@]3(CCN([C@H]4CC[C@H](O)CC4)C3=O)C2)c1. The molecule has 5 heteroatoms. The number of nitrogens with zero attached hydrogens (tertiary/aromatic N) is 3. The average molecular weight is 367 g/mol. The number of hydrogen-bond acceptors (Lipinski definition) is 4. The van der Waals surface area contributed by atoms with E-state index in [2.05, 4.69) is 28.0 Å². The molecule has 0 bridgehead atoms. The topological polar surface area (TPSA) is 67.6 Å². The summed E-state index contributed by atoms with van der Waals surface area (Å²) in [6.45, 7) is 2.62. The number of likely N-dealkylation sites (tertiary alicyclic amines) is 1. The first-order valence-electron chi connectivity index (χ1n) is 10.3. The largest absolute Gasteiger partial charge is 0.393 e. The van der Waals surface area contributed by atoms with Crippen LogP contribution in [0.4, 0.5) is 5.69 Å². The summed E-state index contributed by atoms with van der Waals surface area (Å²) >= 11 is 0. The number of carbonyl (C=O) groups is 1. The molecule has 1 aromatic rings. The summed E-state index contributed by atoms with van der Waals surface area (Å²) < 4.78 is 0. The van der Waals surface area contributed by atoms with Gasteiger partial charge in [0.2, 0.25) is 5.91 Å². The minimum Gasteiger partial charge on any atom is -0.393 e. The highest BCUT2D eigenvalue weighted by atomic mass is 16.3. The third-order valence-electron chi connectivity index (χ3n) is 6.79. The van der Waals surface area contributed by atoms with E-state index in [0.29, 0.717) is 18.4 Å². The van der Waals surface area contributed by atoms with E-state index < -0.39 is 0 Å². The van der Waals surface area contributed by atoms with Crippen molar-refractivity contribution < 1.29 is 9.90 Å². The van der Waals surface area contributed by atoms with Crippen LogP contribution in [-0.4, -0.2) is 47.7 Å². The Kier molecular flexibility index (Phi) is 5.10. The molecule has 3 fully saturated rings. The van der Waals surface area contributed by atoms with E-state index in [4.69, 9.17) is 5.26 Å². The summed E-state index contributed by atoms with van der Waals surface area (Å²) in [6, 6.07) is 10.7. The van der Waals surface area contributed by atoms with Gasteiger partial charge in [-0.3, -0.25) is 4.79 Å². The second kappa shape index (κ2) is 7.52. The quantitative estimate of drug-likeness (QED) is 0.892. The number of amides is 1. The van der Waals surface area contributed by atoms with Crippen LogP contribution in [0.1, 0.15) is 50.5 Å². The van der Waals surface area contributed by atoms with Gasteiger partial charge in [-0.2, -0.15) is 5.26 Å². The van der Waals surface area contributed by atoms with Crippen LogP contribution in [0.25, 0.3) is 0 Å². The number of rotatable bonds is 3. The Balaban J connectivity index is 1.48. The number of carbonyl (C=O) groups excluding carboxylic acids is 1. The fourth-order valence-electron chi connectivity index (χ4n) is 5.25. The Hall–Kier alpha value is -2.06. The van der Waals surface area contributed by atoms with Crippen molar-refractivity contribution >= 4 is 11.6 Å². The van der Waals surface area contributed by atoms with Gasteiger partial charge in [-0.15, -0.1) is 0 Å². The maximum absolute atomic E-state index is 13.4. The van der Waals surface area contributed by atoms with E-state index in [-0.39, 0.29) is 11.5 Å². The number of hydrogen-bond donors (Lipinski definition) is 1. The van der Waals surface area contributed by atoms with Gasteiger partial charge in [0, 0.05) is 31.4 Å². The first-order chi connectivity index (χ1) is 13.1. The average Bonchev–Trinajstić information content (AvgIpc) is 2.99. The van der Waals surface area contributed by atoms with Crippen molar-refractivity contribution in [3.63, 3.8) is 0 Å². The Labute approximate surface area is 161 Å². The van der Waals surface area contributed by atoms with Crippen LogP contribution >= 0.6 is 0 Å². The van der Waals surface area contributed by atoms with Crippen molar-refractivity contribution in [1.29, 1.82) is 5.26 Å². The molecule has 3 aliphatic rings. The lowest BCUT2D eigenvalue weighted by molar-refractivity contribution is -0.139. The normalized spacial score (nSPS) is 31.3. The van der Waals surface area contributed by atoms with E-state index in [1.165, 1.54) is 0 Å². The predicted octanol–water partition coefficient (Wildman–Crippen LogP) is 2.88. The monoisotopic (exact) mass is 367 g/mol. The van der Waals surface area contributed by atoms with Crippen LogP contribution in [0.5, 0.6) is 0 Å². The molecule has 1 N–H and O–H groups in total. The van der Waals surface area contributed by atoms with Gasteiger partial charge >= 0.3 is 0 Å². The minimum absolute atomic E-state index is 0.182. The molecule has 2 aliphatic heterocycles. The molecular weight excluding hydrogens is 338 g/mol. The number of nitriles is 1. The van der Waals surface area contributed by atoms with Crippen molar-refractivity contribution in [2.75, 3.05) is 24.5 Å². The van der Waals surface area contributed by atoms with Crippen LogP contribution in [0.15, 0.2) is 24.3 Å². The van der Waals surface area contributed by atoms with Crippen LogP contribution in [0, 0.1) is 16.7 Å². The van der Waals surface area contributed by atoms with Gasteiger partial charge in [0.15, 0.2) is 0 Å². The number of piperidine rings is 1. The molecule has 1 saturated carbocycles. The third-order valence-corrected chi connectivity index (χ3v) is 6.79. The fourth-order valence-corrected chi connectivity index (χ4v) is 5.25. The summed E-state index contributed by atoms with van der Waals surface area (Å²) in [4.78, 5) is 17.9.